The first-order valence-corrected chi connectivity index (χ1v) is 8.60. The lowest BCUT2D eigenvalue weighted by molar-refractivity contribution is -0.128. The van der Waals surface area contributed by atoms with Gasteiger partial charge >= 0.3 is 0 Å². The van der Waals surface area contributed by atoms with Crippen molar-refractivity contribution in [1.82, 2.24) is 15.0 Å². The molecular weight excluding hydrogens is 334 g/mol. The Kier molecular flexibility index (Phi) is 4.43. The topological polar surface area (TPSA) is 81.6 Å². The summed E-state index contributed by atoms with van der Waals surface area (Å²) in [6.07, 6.45) is 1.94. The Morgan fingerprint density at radius 1 is 1.27 bits per heavy atom. The summed E-state index contributed by atoms with van der Waals surface area (Å²) in [7, 11) is 0. The molecule has 0 saturated carbocycles. The first kappa shape index (κ1) is 16.4. The molecule has 1 atom stereocenters. The van der Waals surface area contributed by atoms with Gasteiger partial charge in [0.15, 0.2) is 11.6 Å². The zero-order valence-electron chi connectivity index (χ0n) is 14.4. The number of hydrogen-bond donors (Lipinski definition) is 0. The van der Waals surface area contributed by atoms with Gasteiger partial charge in [0.25, 0.3) is 5.89 Å². The van der Waals surface area contributed by atoms with Crippen LogP contribution >= 0.6 is 0 Å². The minimum Gasteiger partial charge on any atom is -0.494 e. The van der Waals surface area contributed by atoms with Gasteiger partial charge in [0.2, 0.25) is 5.91 Å². The van der Waals surface area contributed by atoms with Crippen LogP contribution in [0.3, 0.4) is 0 Å². The van der Waals surface area contributed by atoms with Crippen LogP contribution in [-0.4, -0.2) is 34.1 Å². The van der Waals surface area contributed by atoms with E-state index >= 15 is 0 Å². The van der Waals surface area contributed by atoms with Gasteiger partial charge in [-0.1, -0.05) is 17.3 Å². The normalized spacial score (nSPS) is 17.0. The fourth-order valence-electron chi connectivity index (χ4n) is 3.08. The van der Waals surface area contributed by atoms with Crippen molar-refractivity contribution in [2.45, 2.75) is 25.8 Å². The van der Waals surface area contributed by atoms with E-state index in [-0.39, 0.29) is 11.8 Å². The number of nitrogens with zero attached hydrogens (tertiary/aromatic N) is 3. The molecule has 2 aromatic heterocycles. The van der Waals surface area contributed by atoms with Gasteiger partial charge in [-0.05, 0) is 36.8 Å². The summed E-state index contributed by atoms with van der Waals surface area (Å²) in [5.41, 5.74) is 1.06. The van der Waals surface area contributed by atoms with Crippen LogP contribution in [0.2, 0.25) is 0 Å². The standard InChI is InChI=1S/C19H19N3O4/c1-2-24-15-7-5-13(6-8-15)11-22-12-14(10-17(22)23)18-20-19(26-21-18)16-4-3-9-25-16/h3-9,14H,2,10-12H2,1H3. The highest BCUT2D eigenvalue weighted by Crippen LogP contribution is 2.29. The van der Waals surface area contributed by atoms with Crippen molar-refractivity contribution in [3.05, 3.63) is 54.0 Å². The zero-order chi connectivity index (χ0) is 17.9. The predicted octanol–water partition coefficient (Wildman–Crippen LogP) is 3.24. The van der Waals surface area contributed by atoms with Crippen molar-refractivity contribution in [2.24, 2.45) is 0 Å². The van der Waals surface area contributed by atoms with Crippen LogP contribution in [0.1, 0.15) is 30.7 Å². The molecular formula is C19H19N3O4. The van der Waals surface area contributed by atoms with Crippen molar-refractivity contribution < 1.29 is 18.5 Å². The van der Waals surface area contributed by atoms with Gasteiger partial charge in [-0.25, -0.2) is 0 Å². The summed E-state index contributed by atoms with van der Waals surface area (Å²) in [6, 6.07) is 11.3. The first-order chi connectivity index (χ1) is 12.7. The third kappa shape index (κ3) is 3.33. The van der Waals surface area contributed by atoms with Crippen molar-refractivity contribution in [1.29, 1.82) is 0 Å². The van der Waals surface area contributed by atoms with Crippen LogP contribution in [0, 0.1) is 0 Å². The van der Waals surface area contributed by atoms with Crippen LogP contribution in [0.4, 0.5) is 0 Å². The molecule has 0 radical (unpaired) electrons. The minimum absolute atomic E-state index is 0.0716. The molecule has 7 heteroatoms. The second-order valence-electron chi connectivity index (χ2n) is 6.19. The molecule has 0 bridgehead atoms. The van der Waals surface area contributed by atoms with E-state index in [2.05, 4.69) is 10.1 Å². The number of benzene rings is 1. The second-order valence-corrected chi connectivity index (χ2v) is 6.19. The highest BCUT2D eigenvalue weighted by atomic mass is 16.5. The van der Waals surface area contributed by atoms with Crippen molar-refractivity contribution >= 4 is 5.91 Å². The molecule has 1 aliphatic heterocycles. The molecule has 1 aliphatic rings. The Balaban J connectivity index is 1.42. The summed E-state index contributed by atoms with van der Waals surface area (Å²) in [4.78, 5) is 18.6. The van der Waals surface area contributed by atoms with Crippen molar-refractivity contribution in [3.63, 3.8) is 0 Å². The number of carbonyl (C=O) groups is 1. The molecule has 1 fully saturated rings. The van der Waals surface area contributed by atoms with E-state index in [1.54, 1.807) is 18.4 Å². The van der Waals surface area contributed by atoms with E-state index < -0.39 is 0 Å². The number of amides is 1. The molecule has 0 N–H and O–H groups in total. The number of hydrogen-bond acceptors (Lipinski definition) is 6. The molecule has 0 aliphatic carbocycles. The number of likely N-dealkylation sites (tertiary alicyclic amines) is 1. The third-order valence-corrected chi connectivity index (χ3v) is 4.36. The number of ether oxygens (including phenoxy) is 1. The zero-order valence-corrected chi connectivity index (χ0v) is 14.4. The highest BCUT2D eigenvalue weighted by Gasteiger charge is 2.34. The number of carbonyl (C=O) groups excluding carboxylic acids is 1. The highest BCUT2D eigenvalue weighted by molar-refractivity contribution is 5.79. The lowest BCUT2D eigenvalue weighted by Crippen LogP contribution is -2.24. The Morgan fingerprint density at radius 3 is 2.85 bits per heavy atom. The molecule has 3 aromatic rings. The van der Waals surface area contributed by atoms with Crippen LogP contribution in [-0.2, 0) is 11.3 Å². The van der Waals surface area contributed by atoms with E-state index in [1.807, 2.05) is 36.1 Å². The summed E-state index contributed by atoms with van der Waals surface area (Å²) in [6.45, 7) is 3.72. The Labute approximate surface area is 150 Å². The lowest BCUT2D eigenvalue weighted by Gasteiger charge is -2.16. The van der Waals surface area contributed by atoms with Crippen molar-refractivity contribution in [3.8, 4) is 17.4 Å². The molecule has 4 rings (SSSR count). The molecule has 1 aromatic carbocycles. The molecule has 7 nitrogen and oxygen atoms in total. The SMILES string of the molecule is CCOc1ccc(CN2CC(c3noc(-c4ccco4)n3)CC2=O)cc1. The molecule has 134 valence electrons. The smallest absolute Gasteiger partial charge is 0.293 e. The van der Waals surface area contributed by atoms with Crippen LogP contribution in [0.15, 0.2) is 51.6 Å². The van der Waals surface area contributed by atoms with E-state index in [0.717, 1.165) is 11.3 Å². The average Bonchev–Trinajstić information content (AvgIpc) is 3.38. The summed E-state index contributed by atoms with van der Waals surface area (Å²) in [5.74, 6) is 2.26. The van der Waals surface area contributed by atoms with Crippen LogP contribution in [0.5, 0.6) is 5.75 Å². The molecule has 0 spiro atoms. The third-order valence-electron chi connectivity index (χ3n) is 4.36. The molecule has 1 saturated heterocycles. The van der Waals surface area contributed by atoms with Gasteiger partial charge in [-0.3, -0.25) is 4.79 Å². The Hall–Kier alpha value is -3.09. The van der Waals surface area contributed by atoms with Crippen LogP contribution < -0.4 is 4.74 Å². The van der Waals surface area contributed by atoms with E-state index in [9.17, 15) is 4.79 Å². The summed E-state index contributed by atoms with van der Waals surface area (Å²) in [5, 5.41) is 4.02. The quantitative estimate of drug-likeness (QED) is 0.677. The summed E-state index contributed by atoms with van der Waals surface area (Å²) >= 11 is 0. The van der Waals surface area contributed by atoms with Gasteiger partial charge in [0.1, 0.15) is 5.75 Å². The molecule has 3 heterocycles. The van der Waals surface area contributed by atoms with E-state index in [0.29, 0.717) is 43.6 Å². The minimum atomic E-state index is -0.0716. The maximum Gasteiger partial charge on any atom is 0.293 e. The van der Waals surface area contributed by atoms with Gasteiger partial charge in [0.05, 0.1) is 12.9 Å². The van der Waals surface area contributed by atoms with Gasteiger partial charge in [-0.15, -0.1) is 0 Å². The van der Waals surface area contributed by atoms with Crippen molar-refractivity contribution in [2.75, 3.05) is 13.2 Å². The molecule has 1 unspecified atom stereocenters. The fourth-order valence-corrected chi connectivity index (χ4v) is 3.08. The maximum atomic E-state index is 12.4. The van der Waals surface area contributed by atoms with Gasteiger partial charge < -0.3 is 18.6 Å². The van der Waals surface area contributed by atoms with Crippen LogP contribution in [0.25, 0.3) is 11.7 Å². The fraction of sp³-hybridized carbons (Fsp3) is 0.316. The number of aromatic nitrogens is 2. The molecule has 1 amide bonds. The Morgan fingerprint density at radius 2 is 2.12 bits per heavy atom. The number of furan rings is 1. The maximum absolute atomic E-state index is 12.4. The van der Waals surface area contributed by atoms with E-state index in [4.69, 9.17) is 13.7 Å². The number of rotatable bonds is 6. The predicted molar refractivity (Wildman–Crippen MR) is 92.4 cm³/mol. The average molecular weight is 353 g/mol. The monoisotopic (exact) mass is 353 g/mol. The lowest BCUT2D eigenvalue weighted by atomic mass is 10.1. The second kappa shape index (κ2) is 7.03. The Bertz CT molecular complexity index is 871. The van der Waals surface area contributed by atoms with E-state index in [1.165, 1.54) is 0 Å². The van der Waals surface area contributed by atoms with Gasteiger partial charge in [0, 0.05) is 25.4 Å². The molecule has 26 heavy (non-hydrogen) atoms. The van der Waals surface area contributed by atoms with Gasteiger partial charge in [-0.2, -0.15) is 4.98 Å². The summed E-state index contributed by atoms with van der Waals surface area (Å²) < 4.78 is 16.0. The largest absolute Gasteiger partial charge is 0.494 e. The first-order valence-electron chi connectivity index (χ1n) is 8.60.